The number of rotatable bonds is 5. The maximum Gasteiger partial charge on any atom is 0.240 e. The lowest BCUT2D eigenvalue weighted by Crippen LogP contribution is -2.27. The summed E-state index contributed by atoms with van der Waals surface area (Å²) in [6.45, 7) is 4.06. The lowest BCUT2D eigenvalue weighted by molar-refractivity contribution is 0.588. The van der Waals surface area contributed by atoms with Gasteiger partial charge in [0.2, 0.25) is 10.0 Å². The van der Waals surface area contributed by atoms with Gasteiger partial charge in [0.1, 0.15) is 5.01 Å². The highest BCUT2D eigenvalue weighted by Gasteiger charge is 2.23. The van der Waals surface area contributed by atoms with E-state index in [9.17, 15) is 8.42 Å². The number of anilines is 1. The van der Waals surface area contributed by atoms with Crippen LogP contribution in [0.25, 0.3) is 0 Å². The van der Waals surface area contributed by atoms with Crippen molar-refractivity contribution in [2.24, 2.45) is 0 Å². The number of benzene rings is 1. The maximum atomic E-state index is 11.6. The summed E-state index contributed by atoms with van der Waals surface area (Å²) in [5.74, 6) is 0. The van der Waals surface area contributed by atoms with Crippen molar-refractivity contribution in [3.05, 3.63) is 40.8 Å². The largest absolute Gasteiger partial charge is 0.374 e. The Morgan fingerprint density at radius 1 is 1.20 bits per heavy atom. The van der Waals surface area contributed by atoms with Crippen molar-refractivity contribution in [3.8, 4) is 0 Å². The molecule has 1 aromatic carbocycles. The van der Waals surface area contributed by atoms with Crippen molar-refractivity contribution in [3.63, 3.8) is 0 Å². The van der Waals surface area contributed by atoms with E-state index in [1.807, 2.05) is 19.2 Å². The molecule has 108 valence electrons. The van der Waals surface area contributed by atoms with Crippen molar-refractivity contribution in [2.45, 2.75) is 24.3 Å². The molecule has 1 aromatic heterocycles. The van der Waals surface area contributed by atoms with Crippen LogP contribution in [-0.4, -0.2) is 20.4 Å². The molecular formula is C13H17N3O2S2. The molecule has 0 saturated heterocycles. The van der Waals surface area contributed by atoms with Crippen molar-refractivity contribution >= 4 is 27.0 Å². The van der Waals surface area contributed by atoms with Crippen LogP contribution in [0, 0.1) is 0 Å². The number of hydrogen-bond acceptors (Lipinski definition) is 5. The topological polar surface area (TPSA) is 71.1 Å². The van der Waals surface area contributed by atoms with Crippen molar-refractivity contribution in [1.82, 2.24) is 9.71 Å². The first-order valence-corrected chi connectivity index (χ1v) is 8.43. The van der Waals surface area contributed by atoms with Gasteiger partial charge in [0.05, 0.1) is 10.4 Å². The molecule has 0 atom stereocenters. The number of aromatic nitrogens is 1. The summed E-state index contributed by atoms with van der Waals surface area (Å²) in [5.41, 5.74) is 0.539. The van der Waals surface area contributed by atoms with E-state index in [-0.39, 0.29) is 10.4 Å². The molecule has 0 radical (unpaired) electrons. The van der Waals surface area contributed by atoms with Gasteiger partial charge in [-0.25, -0.2) is 18.1 Å². The minimum Gasteiger partial charge on any atom is -0.374 e. The van der Waals surface area contributed by atoms with Crippen LogP contribution in [0.4, 0.5) is 5.69 Å². The van der Waals surface area contributed by atoms with E-state index >= 15 is 0 Å². The molecule has 0 aliphatic carbocycles. The summed E-state index contributed by atoms with van der Waals surface area (Å²) in [7, 11) is -1.99. The van der Waals surface area contributed by atoms with E-state index in [1.165, 1.54) is 7.05 Å². The lowest BCUT2D eigenvalue weighted by atomic mass is 10.1. The van der Waals surface area contributed by atoms with Crippen molar-refractivity contribution in [1.29, 1.82) is 0 Å². The number of hydrogen-bond donors (Lipinski definition) is 2. The second kappa shape index (κ2) is 5.51. The zero-order chi connectivity index (χ0) is 14.8. The third-order valence-corrected chi connectivity index (χ3v) is 5.38. The second-order valence-electron chi connectivity index (χ2n) is 4.82. The van der Waals surface area contributed by atoms with Gasteiger partial charge < -0.3 is 5.32 Å². The average molecular weight is 311 g/mol. The normalized spacial score (nSPS) is 12.3. The number of sulfonamides is 1. The highest BCUT2D eigenvalue weighted by atomic mass is 32.2. The van der Waals surface area contributed by atoms with Gasteiger partial charge in [-0.15, -0.1) is 11.3 Å². The summed E-state index contributed by atoms with van der Waals surface area (Å²) in [6, 6.07) is 6.65. The van der Waals surface area contributed by atoms with E-state index in [0.29, 0.717) is 0 Å². The summed E-state index contributed by atoms with van der Waals surface area (Å²) in [6.07, 6.45) is 1.77. The molecule has 2 rings (SSSR count). The van der Waals surface area contributed by atoms with Gasteiger partial charge in [-0.3, -0.25) is 0 Å². The van der Waals surface area contributed by atoms with Gasteiger partial charge in [0.15, 0.2) is 0 Å². The smallest absolute Gasteiger partial charge is 0.240 e. The molecule has 0 bridgehead atoms. The zero-order valence-corrected chi connectivity index (χ0v) is 13.2. The molecule has 5 nitrogen and oxygen atoms in total. The van der Waals surface area contributed by atoms with Crippen molar-refractivity contribution in [2.75, 3.05) is 12.4 Å². The van der Waals surface area contributed by atoms with E-state index < -0.39 is 10.0 Å². The molecule has 0 unspecified atom stereocenters. The number of nitrogens with zero attached hydrogens (tertiary/aromatic N) is 1. The molecule has 2 N–H and O–H groups in total. The highest BCUT2D eigenvalue weighted by molar-refractivity contribution is 7.89. The van der Waals surface area contributed by atoms with Gasteiger partial charge in [0.25, 0.3) is 0 Å². The fraction of sp³-hybridized carbons (Fsp3) is 0.308. The van der Waals surface area contributed by atoms with Crippen LogP contribution < -0.4 is 10.0 Å². The van der Waals surface area contributed by atoms with Crippen LogP contribution in [-0.2, 0) is 15.6 Å². The van der Waals surface area contributed by atoms with Crippen LogP contribution in [0.3, 0.4) is 0 Å². The minimum atomic E-state index is -3.39. The highest BCUT2D eigenvalue weighted by Crippen LogP contribution is 2.27. The molecule has 1 heterocycles. The molecular weight excluding hydrogens is 294 g/mol. The molecule has 0 aliphatic heterocycles. The second-order valence-corrected chi connectivity index (χ2v) is 7.60. The van der Waals surface area contributed by atoms with Crippen LogP contribution in [0.1, 0.15) is 18.9 Å². The Morgan fingerprint density at radius 2 is 1.85 bits per heavy atom. The van der Waals surface area contributed by atoms with Crippen LogP contribution in [0.15, 0.2) is 40.7 Å². The molecule has 0 amide bonds. The third-order valence-electron chi connectivity index (χ3n) is 2.86. The van der Waals surface area contributed by atoms with E-state index in [1.54, 1.807) is 41.8 Å². The molecule has 0 fully saturated rings. The van der Waals surface area contributed by atoms with E-state index in [0.717, 1.165) is 10.7 Å². The molecule has 0 saturated carbocycles. The van der Waals surface area contributed by atoms with Crippen molar-refractivity contribution < 1.29 is 8.42 Å². The molecule has 7 heteroatoms. The fourth-order valence-corrected chi connectivity index (χ4v) is 3.23. The summed E-state index contributed by atoms with van der Waals surface area (Å²) < 4.78 is 25.6. The third kappa shape index (κ3) is 3.17. The average Bonchev–Trinajstić information content (AvgIpc) is 2.93. The molecule has 20 heavy (non-hydrogen) atoms. The molecule has 2 aromatic rings. The molecule has 0 spiro atoms. The monoisotopic (exact) mass is 311 g/mol. The summed E-state index contributed by atoms with van der Waals surface area (Å²) >= 11 is 1.58. The Balaban J connectivity index is 2.20. The van der Waals surface area contributed by atoms with Crippen LogP contribution in [0.2, 0.25) is 0 Å². The Labute approximate surface area is 123 Å². The summed E-state index contributed by atoms with van der Waals surface area (Å²) in [4.78, 5) is 4.55. The SMILES string of the molecule is CNS(=O)(=O)c1ccc(NC(C)(C)c2nccs2)cc1. The molecule has 0 aliphatic rings. The van der Waals surface area contributed by atoms with Crippen LogP contribution in [0.5, 0.6) is 0 Å². The first-order chi connectivity index (χ1) is 9.35. The fourth-order valence-electron chi connectivity index (χ4n) is 1.78. The van der Waals surface area contributed by atoms with Gasteiger partial charge in [-0.2, -0.15) is 0 Å². The predicted octanol–water partition coefficient (Wildman–Crippen LogP) is 2.40. The maximum absolute atomic E-state index is 11.6. The standard InChI is InChI=1S/C13H17N3O2S2/c1-13(2,12-15-8-9-19-12)16-10-4-6-11(7-5-10)20(17,18)14-3/h4-9,14,16H,1-3H3. The van der Waals surface area contributed by atoms with Gasteiger partial charge in [-0.1, -0.05) is 0 Å². The quantitative estimate of drug-likeness (QED) is 0.889. The van der Waals surface area contributed by atoms with E-state index in [4.69, 9.17) is 0 Å². The Hall–Kier alpha value is -1.44. The first kappa shape index (κ1) is 15.0. The van der Waals surface area contributed by atoms with Gasteiger partial charge in [0, 0.05) is 17.3 Å². The first-order valence-electron chi connectivity index (χ1n) is 6.07. The Morgan fingerprint density at radius 3 is 2.35 bits per heavy atom. The number of nitrogens with one attached hydrogen (secondary N) is 2. The lowest BCUT2D eigenvalue weighted by Gasteiger charge is -2.25. The zero-order valence-electron chi connectivity index (χ0n) is 11.5. The minimum absolute atomic E-state index is 0.248. The summed E-state index contributed by atoms with van der Waals surface area (Å²) in [5, 5.41) is 6.26. The van der Waals surface area contributed by atoms with E-state index in [2.05, 4.69) is 15.0 Å². The van der Waals surface area contributed by atoms with Gasteiger partial charge >= 0.3 is 0 Å². The number of thiazole rings is 1. The van der Waals surface area contributed by atoms with Crippen LogP contribution >= 0.6 is 11.3 Å². The Kier molecular flexibility index (Phi) is 4.12. The van der Waals surface area contributed by atoms with Gasteiger partial charge in [-0.05, 0) is 45.2 Å². The Bertz CT molecular complexity index is 662. The predicted molar refractivity (Wildman–Crippen MR) is 81.5 cm³/mol.